The van der Waals surface area contributed by atoms with Crippen molar-refractivity contribution in [3.05, 3.63) is 65.2 Å². The Bertz CT molecular complexity index is 746. The van der Waals surface area contributed by atoms with E-state index in [2.05, 4.69) is 11.0 Å². The van der Waals surface area contributed by atoms with E-state index in [-0.39, 0.29) is 6.61 Å². The van der Waals surface area contributed by atoms with Crippen molar-refractivity contribution < 1.29 is 19.7 Å². The summed E-state index contributed by atoms with van der Waals surface area (Å²) in [6.45, 7) is 3.11. The summed E-state index contributed by atoms with van der Waals surface area (Å²) < 4.78 is 5.49. The van der Waals surface area contributed by atoms with Crippen LogP contribution in [0.5, 0.6) is 5.75 Å². The SMILES string of the molecule is O=C(O)c1cccc(C2CCCN(Cc3cccc(OCCO)c3)C2)c1. The number of hydrogen-bond acceptors (Lipinski definition) is 4. The van der Waals surface area contributed by atoms with E-state index in [4.69, 9.17) is 9.84 Å². The topological polar surface area (TPSA) is 70.0 Å². The Morgan fingerprint density at radius 1 is 1.19 bits per heavy atom. The molecular formula is C21H25NO4. The maximum Gasteiger partial charge on any atom is 0.335 e. The number of carboxylic acids is 1. The molecule has 0 saturated carbocycles. The van der Waals surface area contributed by atoms with Crippen LogP contribution in [0.25, 0.3) is 0 Å². The van der Waals surface area contributed by atoms with Crippen molar-refractivity contribution in [2.45, 2.75) is 25.3 Å². The van der Waals surface area contributed by atoms with Gasteiger partial charge in [0.15, 0.2) is 0 Å². The lowest BCUT2D eigenvalue weighted by atomic mass is 9.89. The smallest absolute Gasteiger partial charge is 0.335 e. The minimum absolute atomic E-state index is 0.00738. The van der Waals surface area contributed by atoms with Crippen molar-refractivity contribution in [3.8, 4) is 5.75 Å². The Labute approximate surface area is 153 Å². The van der Waals surface area contributed by atoms with Crippen molar-refractivity contribution in [3.63, 3.8) is 0 Å². The van der Waals surface area contributed by atoms with Gasteiger partial charge in [-0.2, -0.15) is 0 Å². The second kappa shape index (κ2) is 8.83. The van der Waals surface area contributed by atoms with Gasteiger partial charge in [-0.1, -0.05) is 24.3 Å². The maximum absolute atomic E-state index is 11.2. The highest BCUT2D eigenvalue weighted by molar-refractivity contribution is 5.87. The van der Waals surface area contributed by atoms with Crippen molar-refractivity contribution in [1.82, 2.24) is 4.90 Å². The zero-order valence-electron chi connectivity index (χ0n) is 14.8. The number of ether oxygens (including phenoxy) is 1. The largest absolute Gasteiger partial charge is 0.491 e. The molecule has 1 aliphatic heterocycles. The van der Waals surface area contributed by atoms with Gasteiger partial charge in [0.2, 0.25) is 0 Å². The fraction of sp³-hybridized carbons (Fsp3) is 0.381. The van der Waals surface area contributed by atoms with E-state index in [0.29, 0.717) is 18.1 Å². The average molecular weight is 355 g/mol. The van der Waals surface area contributed by atoms with Gasteiger partial charge in [0.25, 0.3) is 0 Å². The zero-order chi connectivity index (χ0) is 18.4. The third-order valence-electron chi connectivity index (χ3n) is 4.78. The Morgan fingerprint density at radius 3 is 2.85 bits per heavy atom. The van der Waals surface area contributed by atoms with E-state index in [1.54, 1.807) is 12.1 Å². The summed E-state index contributed by atoms with van der Waals surface area (Å²) >= 11 is 0. The van der Waals surface area contributed by atoms with E-state index in [0.717, 1.165) is 43.8 Å². The first-order valence-electron chi connectivity index (χ1n) is 9.04. The van der Waals surface area contributed by atoms with Crippen LogP contribution in [-0.4, -0.2) is 47.4 Å². The van der Waals surface area contributed by atoms with Crippen LogP contribution in [0, 0.1) is 0 Å². The predicted octanol–water partition coefficient (Wildman–Crippen LogP) is 3.14. The molecule has 0 amide bonds. The molecule has 138 valence electrons. The molecule has 0 aromatic heterocycles. The predicted molar refractivity (Wildman–Crippen MR) is 99.7 cm³/mol. The standard InChI is InChI=1S/C21H25NO4/c23-10-11-26-20-8-1-4-16(12-20)14-22-9-3-7-19(15-22)17-5-2-6-18(13-17)21(24)25/h1-2,4-6,8,12-13,19,23H,3,7,9-11,14-15H2,(H,24,25). The van der Waals surface area contributed by atoms with Gasteiger partial charge >= 0.3 is 5.97 Å². The number of benzene rings is 2. The molecule has 0 bridgehead atoms. The normalized spacial score (nSPS) is 17.8. The van der Waals surface area contributed by atoms with Crippen molar-refractivity contribution in [2.75, 3.05) is 26.3 Å². The molecule has 1 unspecified atom stereocenters. The summed E-state index contributed by atoms with van der Waals surface area (Å²) in [7, 11) is 0. The third-order valence-corrected chi connectivity index (χ3v) is 4.78. The fourth-order valence-corrected chi connectivity index (χ4v) is 3.55. The van der Waals surface area contributed by atoms with Gasteiger partial charge in [0.05, 0.1) is 12.2 Å². The molecule has 2 aromatic carbocycles. The quantitative estimate of drug-likeness (QED) is 0.798. The maximum atomic E-state index is 11.2. The van der Waals surface area contributed by atoms with Crippen molar-refractivity contribution >= 4 is 5.97 Å². The van der Waals surface area contributed by atoms with Crippen LogP contribution >= 0.6 is 0 Å². The van der Waals surface area contributed by atoms with Gasteiger partial charge in [-0.15, -0.1) is 0 Å². The summed E-state index contributed by atoms with van der Waals surface area (Å²) in [6.07, 6.45) is 2.18. The molecule has 2 aromatic rings. The highest BCUT2D eigenvalue weighted by atomic mass is 16.5. The average Bonchev–Trinajstić information content (AvgIpc) is 2.67. The molecule has 1 atom stereocenters. The van der Waals surface area contributed by atoms with Gasteiger partial charge in [-0.3, -0.25) is 4.90 Å². The molecule has 1 heterocycles. The number of aromatic carboxylic acids is 1. The Hall–Kier alpha value is -2.37. The number of aliphatic hydroxyl groups excluding tert-OH is 1. The van der Waals surface area contributed by atoms with Gasteiger partial charge in [0.1, 0.15) is 12.4 Å². The second-order valence-electron chi connectivity index (χ2n) is 6.72. The first kappa shape index (κ1) is 18.4. The number of nitrogens with zero attached hydrogens (tertiary/aromatic N) is 1. The molecule has 1 aliphatic rings. The Kier molecular flexibility index (Phi) is 6.26. The molecular weight excluding hydrogens is 330 g/mol. The monoisotopic (exact) mass is 355 g/mol. The molecule has 3 rings (SSSR count). The van der Waals surface area contributed by atoms with Gasteiger partial charge in [-0.05, 0) is 60.7 Å². The summed E-state index contributed by atoms with van der Waals surface area (Å²) in [6, 6.07) is 15.3. The Balaban J connectivity index is 1.65. The summed E-state index contributed by atoms with van der Waals surface area (Å²) in [5.74, 6) is 0.260. The number of likely N-dealkylation sites (tertiary alicyclic amines) is 1. The zero-order valence-corrected chi connectivity index (χ0v) is 14.8. The fourth-order valence-electron chi connectivity index (χ4n) is 3.55. The second-order valence-corrected chi connectivity index (χ2v) is 6.72. The van der Waals surface area contributed by atoms with E-state index in [1.165, 1.54) is 5.56 Å². The molecule has 26 heavy (non-hydrogen) atoms. The minimum atomic E-state index is -0.876. The third kappa shape index (κ3) is 4.84. The lowest BCUT2D eigenvalue weighted by molar-refractivity contribution is 0.0696. The van der Waals surface area contributed by atoms with Crippen LogP contribution in [0.4, 0.5) is 0 Å². The summed E-state index contributed by atoms with van der Waals surface area (Å²) in [4.78, 5) is 13.6. The van der Waals surface area contributed by atoms with Crippen LogP contribution in [0.1, 0.15) is 40.2 Å². The van der Waals surface area contributed by atoms with Crippen LogP contribution < -0.4 is 4.74 Å². The van der Waals surface area contributed by atoms with E-state index in [9.17, 15) is 9.90 Å². The molecule has 2 N–H and O–H groups in total. The molecule has 5 nitrogen and oxygen atoms in total. The highest BCUT2D eigenvalue weighted by Gasteiger charge is 2.22. The lowest BCUT2D eigenvalue weighted by Crippen LogP contribution is -2.33. The van der Waals surface area contributed by atoms with Crippen LogP contribution in [0.3, 0.4) is 0 Å². The molecule has 0 radical (unpaired) electrons. The van der Waals surface area contributed by atoms with Crippen LogP contribution in [0.15, 0.2) is 48.5 Å². The molecule has 5 heteroatoms. The van der Waals surface area contributed by atoms with Crippen LogP contribution in [0.2, 0.25) is 0 Å². The highest BCUT2D eigenvalue weighted by Crippen LogP contribution is 2.28. The molecule has 1 saturated heterocycles. The van der Waals surface area contributed by atoms with Crippen LogP contribution in [-0.2, 0) is 6.54 Å². The number of hydrogen-bond donors (Lipinski definition) is 2. The van der Waals surface area contributed by atoms with Crippen molar-refractivity contribution in [1.29, 1.82) is 0 Å². The molecule has 1 fully saturated rings. The number of piperidine rings is 1. The first-order valence-corrected chi connectivity index (χ1v) is 9.04. The first-order chi connectivity index (χ1) is 12.7. The number of aliphatic hydroxyl groups is 1. The van der Waals surface area contributed by atoms with Gasteiger partial charge in [-0.25, -0.2) is 4.79 Å². The minimum Gasteiger partial charge on any atom is -0.491 e. The molecule has 0 spiro atoms. The number of rotatable bonds is 7. The summed E-state index contributed by atoms with van der Waals surface area (Å²) in [5, 5.41) is 18.1. The van der Waals surface area contributed by atoms with Crippen molar-refractivity contribution in [2.24, 2.45) is 0 Å². The van der Waals surface area contributed by atoms with Gasteiger partial charge < -0.3 is 14.9 Å². The number of carbonyl (C=O) groups is 1. The van der Waals surface area contributed by atoms with E-state index < -0.39 is 5.97 Å². The van der Waals surface area contributed by atoms with E-state index >= 15 is 0 Å². The lowest BCUT2D eigenvalue weighted by Gasteiger charge is -2.33. The Morgan fingerprint density at radius 2 is 2.04 bits per heavy atom. The number of carboxylic acid groups (broad SMARTS) is 1. The van der Waals surface area contributed by atoms with E-state index in [1.807, 2.05) is 30.3 Å². The van der Waals surface area contributed by atoms with Gasteiger partial charge in [0, 0.05) is 13.1 Å². The summed E-state index contributed by atoms with van der Waals surface area (Å²) in [5.41, 5.74) is 2.64. The molecule has 0 aliphatic carbocycles.